The number of anilines is 1. The first kappa shape index (κ1) is 17.1. The van der Waals surface area contributed by atoms with Crippen LogP contribution < -0.4 is 10.1 Å². The summed E-state index contributed by atoms with van der Waals surface area (Å²) < 4.78 is 10.9. The van der Waals surface area contributed by atoms with Crippen molar-refractivity contribution in [3.63, 3.8) is 0 Å². The van der Waals surface area contributed by atoms with Gasteiger partial charge in [-0.3, -0.25) is 9.69 Å². The van der Waals surface area contributed by atoms with Crippen LogP contribution in [-0.2, 0) is 9.53 Å². The summed E-state index contributed by atoms with van der Waals surface area (Å²) >= 11 is 5.96. The van der Waals surface area contributed by atoms with Gasteiger partial charge in [-0.15, -0.1) is 0 Å². The highest BCUT2D eigenvalue weighted by molar-refractivity contribution is 6.31. The van der Waals surface area contributed by atoms with Gasteiger partial charge in [-0.2, -0.15) is 0 Å². The van der Waals surface area contributed by atoms with E-state index in [0.29, 0.717) is 23.0 Å². The molecule has 1 aliphatic rings. The number of halogens is 1. The summed E-state index contributed by atoms with van der Waals surface area (Å²) in [5, 5.41) is 3.40. The molecule has 0 radical (unpaired) electrons. The lowest BCUT2D eigenvalue weighted by Gasteiger charge is -2.27. The summed E-state index contributed by atoms with van der Waals surface area (Å²) in [4.78, 5) is 14.1. The molecule has 1 heterocycles. The molecule has 1 atom stereocenters. The van der Waals surface area contributed by atoms with E-state index in [1.54, 1.807) is 25.3 Å². The summed E-state index contributed by atoms with van der Waals surface area (Å²) in [6.45, 7) is 1.89. The Labute approximate surface area is 136 Å². The van der Waals surface area contributed by atoms with E-state index in [0.717, 1.165) is 26.0 Å². The molecule has 0 aliphatic carbocycles. The average Bonchev–Trinajstić information content (AvgIpc) is 2.48. The minimum absolute atomic E-state index is 0.0983. The third kappa shape index (κ3) is 5.16. The van der Waals surface area contributed by atoms with Crippen molar-refractivity contribution in [3.8, 4) is 5.75 Å². The third-order valence-corrected chi connectivity index (χ3v) is 3.87. The molecule has 6 heteroatoms. The number of hydrogen-bond acceptors (Lipinski definition) is 4. The molecule has 1 saturated heterocycles. The van der Waals surface area contributed by atoms with E-state index in [9.17, 15) is 4.79 Å². The summed E-state index contributed by atoms with van der Waals surface area (Å²) in [7, 11) is 3.48. The van der Waals surface area contributed by atoms with Gasteiger partial charge in [0.05, 0.1) is 25.4 Å². The fourth-order valence-electron chi connectivity index (χ4n) is 2.58. The predicted octanol–water partition coefficient (Wildman–Crippen LogP) is 2.79. The number of likely N-dealkylation sites (N-methyl/N-ethyl adjacent to an activating group) is 1. The van der Waals surface area contributed by atoms with Crippen LogP contribution >= 0.6 is 11.6 Å². The summed E-state index contributed by atoms with van der Waals surface area (Å²) in [6.07, 6.45) is 3.63. The van der Waals surface area contributed by atoms with Crippen molar-refractivity contribution in [2.45, 2.75) is 25.4 Å². The molecule has 5 nitrogen and oxygen atoms in total. The van der Waals surface area contributed by atoms with Gasteiger partial charge in [0.2, 0.25) is 5.91 Å². The van der Waals surface area contributed by atoms with Gasteiger partial charge in [0.1, 0.15) is 5.75 Å². The number of hydrogen-bond donors (Lipinski definition) is 1. The minimum atomic E-state index is -0.0983. The second kappa shape index (κ2) is 8.36. The molecule has 1 fully saturated rings. The van der Waals surface area contributed by atoms with Gasteiger partial charge in [-0.05, 0) is 44.5 Å². The van der Waals surface area contributed by atoms with Gasteiger partial charge in [0.25, 0.3) is 0 Å². The van der Waals surface area contributed by atoms with E-state index in [-0.39, 0.29) is 12.0 Å². The molecular weight excluding hydrogens is 304 g/mol. The van der Waals surface area contributed by atoms with Crippen molar-refractivity contribution in [1.29, 1.82) is 0 Å². The predicted molar refractivity (Wildman–Crippen MR) is 87.7 cm³/mol. The molecule has 0 saturated carbocycles. The number of carbonyl (C=O) groups is 1. The molecule has 0 spiro atoms. The molecular formula is C16H23ClN2O3. The van der Waals surface area contributed by atoms with E-state index in [1.165, 1.54) is 6.42 Å². The maximum absolute atomic E-state index is 12.2. The molecule has 0 aromatic heterocycles. The van der Waals surface area contributed by atoms with Crippen molar-refractivity contribution in [2.24, 2.45) is 0 Å². The first-order valence-corrected chi connectivity index (χ1v) is 7.90. The Bertz CT molecular complexity index is 504. The zero-order valence-electron chi connectivity index (χ0n) is 13.1. The lowest BCUT2D eigenvalue weighted by molar-refractivity contribution is -0.117. The van der Waals surface area contributed by atoms with Crippen LogP contribution in [-0.4, -0.2) is 50.8 Å². The molecule has 22 heavy (non-hydrogen) atoms. The van der Waals surface area contributed by atoms with Crippen LogP contribution in [0.2, 0.25) is 5.02 Å². The topological polar surface area (TPSA) is 50.8 Å². The summed E-state index contributed by atoms with van der Waals surface area (Å²) in [6, 6.07) is 5.14. The van der Waals surface area contributed by atoms with Crippen LogP contribution in [0.15, 0.2) is 18.2 Å². The van der Waals surface area contributed by atoms with Crippen molar-refractivity contribution < 1.29 is 14.3 Å². The first-order valence-electron chi connectivity index (χ1n) is 7.52. The second-order valence-corrected chi connectivity index (χ2v) is 6.01. The van der Waals surface area contributed by atoms with E-state index < -0.39 is 0 Å². The molecule has 1 aliphatic heterocycles. The Morgan fingerprint density at radius 3 is 3.00 bits per heavy atom. The van der Waals surface area contributed by atoms with Crippen molar-refractivity contribution in [3.05, 3.63) is 23.2 Å². The van der Waals surface area contributed by atoms with Crippen LogP contribution in [0.3, 0.4) is 0 Å². The SMILES string of the molecule is COc1ccc(Cl)cc1NC(=O)CN(C)CC1CCCCO1. The number of rotatable bonds is 6. The van der Waals surface area contributed by atoms with E-state index in [2.05, 4.69) is 5.32 Å². The van der Waals surface area contributed by atoms with Crippen LogP contribution in [0.4, 0.5) is 5.69 Å². The monoisotopic (exact) mass is 326 g/mol. The standard InChI is InChI=1S/C16H23ClN2O3/c1-19(10-13-5-3-4-8-22-13)11-16(20)18-14-9-12(17)6-7-15(14)21-2/h6-7,9,13H,3-5,8,10-11H2,1-2H3,(H,18,20). The fraction of sp³-hybridized carbons (Fsp3) is 0.562. The Morgan fingerprint density at radius 2 is 2.32 bits per heavy atom. The maximum Gasteiger partial charge on any atom is 0.238 e. The van der Waals surface area contributed by atoms with Gasteiger partial charge < -0.3 is 14.8 Å². The zero-order valence-corrected chi connectivity index (χ0v) is 13.9. The molecule has 1 aromatic carbocycles. The van der Waals surface area contributed by atoms with Gasteiger partial charge in [0, 0.05) is 18.2 Å². The van der Waals surface area contributed by atoms with Crippen LogP contribution in [0.1, 0.15) is 19.3 Å². The highest BCUT2D eigenvalue weighted by Gasteiger charge is 2.17. The van der Waals surface area contributed by atoms with Crippen molar-refractivity contribution in [1.82, 2.24) is 4.90 Å². The zero-order chi connectivity index (χ0) is 15.9. The maximum atomic E-state index is 12.2. The lowest BCUT2D eigenvalue weighted by Crippen LogP contribution is -2.37. The van der Waals surface area contributed by atoms with Crippen LogP contribution in [0.25, 0.3) is 0 Å². The number of carbonyl (C=O) groups excluding carboxylic acids is 1. The molecule has 1 amide bonds. The van der Waals surface area contributed by atoms with E-state index in [4.69, 9.17) is 21.1 Å². The molecule has 0 bridgehead atoms. The summed E-state index contributed by atoms with van der Waals surface area (Å²) in [5.41, 5.74) is 0.585. The van der Waals surface area contributed by atoms with Gasteiger partial charge in [0.15, 0.2) is 0 Å². The molecule has 1 N–H and O–H groups in total. The fourth-order valence-corrected chi connectivity index (χ4v) is 2.75. The Morgan fingerprint density at radius 1 is 1.50 bits per heavy atom. The van der Waals surface area contributed by atoms with Crippen molar-refractivity contribution in [2.75, 3.05) is 39.2 Å². The minimum Gasteiger partial charge on any atom is -0.495 e. The Balaban J connectivity index is 1.85. The number of benzene rings is 1. The van der Waals surface area contributed by atoms with Crippen LogP contribution in [0.5, 0.6) is 5.75 Å². The quantitative estimate of drug-likeness (QED) is 0.873. The largest absolute Gasteiger partial charge is 0.495 e. The molecule has 2 rings (SSSR count). The number of nitrogens with zero attached hydrogens (tertiary/aromatic N) is 1. The Hall–Kier alpha value is -1.30. The molecule has 122 valence electrons. The molecule has 1 aromatic rings. The number of ether oxygens (including phenoxy) is 2. The number of amides is 1. The first-order chi connectivity index (χ1) is 10.6. The van der Waals surface area contributed by atoms with Crippen LogP contribution in [0, 0.1) is 0 Å². The normalized spacial score (nSPS) is 18.3. The smallest absolute Gasteiger partial charge is 0.238 e. The lowest BCUT2D eigenvalue weighted by atomic mass is 10.1. The van der Waals surface area contributed by atoms with Crippen molar-refractivity contribution >= 4 is 23.2 Å². The van der Waals surface area contributed by atoms with Gasteiger partial charge >= 0.3 is 0 Å². The number of methoxy groups -OCH3 is 1. The molecule has 1 unspecified atom stereocenters. The van der Waals surface area contributed by atoms with Gasteiger partial charge in [-0.25, -0.2) is 0 Å². The number of nitrogens with one attached hydrogen (secondary N) is 1. The highest BCUT2D eigenvalue weighted by Crippen LogP contribution is 2.27. The highest BCUT2D eigenvalue weighted by atomic mass is 35.5. The second-order valence-electron chi connectivity index (χ2n) is 5.58. The van der Waals surface area contributed by atoms with E-state index in [1.807, 2.05) is 11.9 Å². The third-order valence-electron chi connectivity index (χ3n) is 3.64. The Kier molecular flexibility index (Phi) is 6.49. The van der Waals surface area contributed by atoms with Gasteiger partial charge in [-0.1, -0.05) is 11.6 Å². The van der Waals surface area contributed by atoms with E-state index >= 15 is 0 Å². The summed E-state index contributed by atoms with van der Waals surface area (Å²) in [5.74, 6) is 0.495. The average molecular weight is 327 g/mol.